The summed E-state index contributed by atoms with van der Waals surface area (Å²) in [5.74, 6) is 0.563. The summed E-state index contributed by atoms with van der Waals surface area (Å²) in [6.07, 6.45) is 2.96. The summed E-state index contributed by atoms with van der Waals surface area (Å²) in [4.78, 5) is 0. The summed E-state index contributed by atoms with van der Waals surface area (Å²) in [5.41, 5.74) is 5.49. The van der Waals surface area contributed by atoms with Crippen LogP contribution in [-0.4, -0.2) is 9.78 Å². The van der Waals surface area contributed by atoms with Gasteiger partial charge in [0.2, 0.25) is 0 Å². The van der Waals surface area contributed by atoms with Gasteiger partial charge in [-0.25, -0.2) is 0 Å². The van der Waals surface area contributed by atoms with Gasteiger partial charge in [0, 0.05) is 12.7 Å². The van der Waals surface area contributed by atoms with Gasteiger partial charge < -0.3 is 5.73 Å². The molecule has 1 aromatic rings. The summed E-state index contributed by atoms with van der Waals surface area (Å²) in [5, 5.41) is 4.05. The highest BCUT2D eigenvalue weighted by Crippen LogP contribution is 2.15. The largest absolute Gasteiger partial charge is 0.381 e. The van der Waals surface area contributed by atoms with Gasteiger partial charge in [-0.2, -0.15) is 5.10 Å². The highest BCUT2D eigenvalue weighted by Gasteiger charge is 1.99. The molecule has 0 radical (unpaired) electrons. The van der Waals surface area contributed by atoms with Gasteiger partial charge in [-0.3, -0.25) is 4.68 Å². The molecule has 0 spiro atoms. The van der Waals surface area contributed by atoms with Crippen LogP contribution in [0.15, 0.2) is 10.7 Å². The third-order valence-corrected chi connectivity index (χ3v) is 1.81. The summed E-state index contributed by atoms with van der Waals surface area (Å²) in [6.45, 7) is 3.03. The number of aryl methyl sites for hydroxylation is 1. The monoisotopic (exact) mass is 203 g/mol. The number of nitrogen functional groups attached to an aromatic ring is 1. The third-order valence-electron chi connectivity index (χ3n) is 1.20. The number of nitrogens with zero attached hydrogens (tertiary/aromatic N) is 2. The van der Waals surface area contributed by atoms with E-state index in [-0.39, 0.29) is 0 Å². The minimum Gasteiger partial charge on any atom is -0.381 e. The Hall–Kier alpha value is -0.510. The molecule has 0 aliphatic heterocycles. The molecule has 1 heterocycles. The molecular formula is C6H10BrN3. The van der Waals surface area contributed by atoms with Crippen LogP contribution < -0.4 is 5.73 Å². The lowest BCUT2D eigenvalue weighted by atomic mass is 10.5. The molecule has 2 N–H and O–H groups in total. The van der Waals surface area contributed by atoms with Gasteiger partial charge in [-0.15, -0.1) is 0 Å². The molecule has 4 heteroatoms. The van der Waals surface area contributed by atoms with Crippen LogP contribution in [0.5, 0.6) is 0 Å². The zero-order valence-corrected chi connectivity index (χ0v) is 7.43. The third kappa shape index (κ3) is 1.50. The normalized spacial score (nSPS) is 10.2. The minimum absolute atomic E-state index is 0.563. The number of rotatable bonds is 2. The molecule has 0 amide bonds. The van der Waals surface area contributed by atoms with Gasteiger partial charge in [0.1, 0.15) is 0 Å². The SMILES string of the molecule is CCCn1cc(Br)c(N)n1. The average molecular weight is 204 g/mol. The van der Waals surface area contributed by atoms with Gasteiger partial charge in [0.25, 0.3) is 0 Å². The van der Waals surface area contributed by atoms with Crippen molar-refractivity contribution in [1.29, 1.82) is 0 Å². The van der Waals surface area contributed by atoms with E-state index >= 15 is 0 Å². The van der Waals surface area contributed by atoms with Crippen LogP contribution in [0, 0.1) is 0 Å². The maximum Gasteiger partial charge on any atom is 0.159 e. The first-order chi connectivity index (χ1) is 4.74. The first-order valence-corrected chi connectivity index (χ1v) is 4.01. The van der Waals surface area contributed by atoms with Gasteiger partial charge in [0.05, 0.1) is 4.47 Å². The smallest absolute Gasteiger partial charge is 0.159 e. The van der Waals surface area contributed by atoms with E-state index in [9.17, 15) is 0 Å². The Morgan fingerprint density at radius 1 is 1.80 bits per heavy atom. The molecular weight excluding hydrogens is 194 g/mol. The summed E-state index contributed by atoms with van der Waals surface area (Å²) < 4.78 is 2.71. The van der Waals surface area contributed by atoms with Crippen molar-refractivity contribution in [2.24, 2.45) is 0 Å². The van der Waals surface area contributed by atoms with Gasteiger partial charge in [0.15, 0.2) is 5.82 Å². The summed E-state index contributed by atoms with van der Waals surface area (Å²) in [6, 6.07) is 0. The Bertz CT molecular complexity index is 199. The second-order valence-corrected chi connectivity index (χ2v) is 2.98. The van der Waals surface area contributed by atoms with Crippen LogP contribution in [0.1, 0.15) is 13.3 Å². The molecule has 0 aliphatic rings. The molecule has 0 atom stereocenters. The molecule has 1 aromatic heterocycles. The van der Waals surface area contributed by atoms with Crippen molar-refractivity contribution in [3.8, 4) is 0 Å². The molecule has 0 saturated carbocycles. The first kappa shape index (κ1) is 7.60. The van der Waals surface area contributed by atoms with Crippen molar-refractivity contribution < 1.29 is 0 Å². The van der Waals surface area contributed by atoms with E-state index in [0.717, 1.165) is 17.4 Å². The van der Waals surface area contributed by atoms with Crippen molar-refractivity contribution in [2.45, 2.75) is 19.9 Å². The molecule has 0 bridgehead atoms. The van der Waals surface area contributed by atoms with Crippen molar-refractivity contribution in [2.75, 3.05) is 5.73 Å². The number of hydrogen-bond acceptors (Lipinski definition) is 2. The van der Waals surface area contributed by atoms with E-state index in [1.807, 2.05) is 10.9 Å². The molecule has 0 aromatic carbocycles. The highest BCUT2D eigenvalue weighted by atomic mass is 79.9. The lowest BCUT2D eigenvalue weighted by Gasteiger charge is -1.93. The summed E-state index contributed by atoms with van der Waals surface area (Å²) >= 11 is 3.28. The standard InChI is InChI=1S/C6H10BrN3/c1-2-3-10-4-5(7)6(8)9-10/h4H,2-3H2,1H3,(H2,8,9). The fourth-order valence-electron chi connectivity index (χ4n) is 0.756. The second-order valence-electron chi connectivity index (χ2n) is 2.13. The highest BCUT2D eigenvalue weighted by molar-refractivity contribution is 9.10. The van der Waals surface area contributed by atoms with Crippen molar-refractivity contribution in [3.05, 3.63) is 10.7 Å². The van der Waals surface area contributed by atoms with Gasteiger partial charge in [-0.05, 0) is 22.4 Å². The lowest BCUT2D eigenvalue weighted by Crippen LogP contribution is -1.97. The quantitative estimate of drug-likeness (QED) is 0.795. The zero-order valence-electron chi connectivity index (χ0n) is 5.84. The molecule has 1 rings (SSSR count). The molecule has 0 saturated heterocycles. The second kappa shape index (κ2) is 3.05. The van der Waals surface area contributed by atoms with Gasteiger partial charge >= 0.3 is 0 Å². The van der Waals surface area contributed by atoms with Crippen molar-refractivity contribution in [1.82, 2.24) is 9.78 Å². The van der Waals surface area contributed by atoms with Crippen LogP contribution in [0.4, 0.5) is 5.82 Å². The first-order valence-electron chi connectivity index (χ1n) is 3.22. The Morgan fingerprint density at radius 3 is 2.90 bits per heavy atom. The fraction of sp³-hybridized carbons (Fsp3) is 0.500. The van der Waals surface area contributed by atoms with Crippen molar-refractivity contribution in [3.63, 3.8) is 0 Å². The van der Waals surface area contributed by atoms with E-state index in [1.54, 1.807) is 0 Å². The maximum absolute atomic E-state index is 5.49. The Morgan fingerprint density at radius 2 is 2.50 bits per heavy atom. The molecule has 56 valence electrons. The van der Waals surface area contributed by atoms with E-state index in [4.69, 9.17) is 5.73 Å². The molecule has 0 aliphatic carbocycles. The predicted octanol–water partition coefficient (Wildman–Crippen LogP) is 1.64. The molecule has 0 fully saturated rings. The van der Waals surface area contributed by atoms with Crippen LogP contribution in [-0.2, 0) is 6.54 Å². The topological polar surface area (TPSA) is 43.8 Å². The summed E-state index contributed by atoms with van der Waals surface area (Å²) in [7, 11) is 0. The number of hydrogen-bond donors (Lipinski definition) is 1. The molecule has 0 unspecified atom stereocenters. The van der Waals surface area contributed by atoms with Crippen LogP contribution >= 0.6 is 15.9 Å². The molecule has 3 nitrogen and oxygen atoms in total. The number of halogens is 1. The minimum atomic E-state index is 0.563. The fourth-order valence-corrected chi connectivity index (χ4v) is 1.07. The van der Waals surface area contributed by atoms with E-state index in [1.165, 1.54) is 0 Å². The lowest BCUT2D eigenvalue weighted by molar-refractivity contribution is 0.605. The number of aromatic nitrogens is 2. The van der Waals surface area contributed by atoms with Crippen LogP contribution in [0.2, 0.25) is 0 Å². The maximum atomic E-state index is 5.49. The number of anilines is 1. The predicted molar refractivity (Wildman–Crippen MR) is 44.6 cm³/mol. The van der Waals surface area contributed by atoms with Crippen LogP contribution in [0.3, 0.4) is 0 Å². The van der Waals surface area contributed by atoms with E-state index in [0.29, 0.717) is 5.82 Å². The van der Waals surface area contributed by atoms with Crippen molar-refractivity contribution >= 4 is 21.7 Å². The number of nitrogens with two attached hydrogens (primary N) is 1. The Balaban J connectivity index is 2.77. The molecule has 10 heavy (non-hydrogen) atoms. The average Bonchev–Trinajstić information content (AvgIpc) is 2.14. The van der Waals surface area contributed by atoms with E-state index in [2.05, 4.69) is 28.0 Å². The van der Waals surface area contributed by atoms with Crippen LogP contribution in [0.25, 0.3) is 0 Å². The van der Waals surface area contributed by atoms with E-state index < -0.39 is 0 Å². The van der Waals surface area contributed by atoms with Gasteiger partial charge in [-0.1, -0.05) is 6.92 Å². The zero-order chi connectivity index (χ0) is 7.56. The Kier molecular flexibility index (Phi) is 2.32. The Labute approximate surface area is 68.3 Å².